The molecule has 0 saturated heterocycles. The summed E-state index contributed by atoms with van der Waals surface area (Å²) in [6.45, 7) is 2.07. The van der Waals surface area contributed by atoms with E-state index in [0.29, 0.717) is 5.56 Å². The van der Waals surface area contributed by atoms with E-state index in [1.807, 2.05) is 30.3 Å². The quantitative estimate of drug-likeness (QED) is 0.463. The number of carbonyl (C=O) groups is 1. The summed E-state index contributed by atoms with van der Waals surface area (Å²) in [6, 6.07) is 26.6. The molecule has 1 heterocycles. The molecule has 0 fully saturated rings. The molecule has 30 heavy (non-hydrogen) atoms. The van der Waals surface area contributed by atoms with Crippen LogP contribution in [0, 0.1) is 6.92 Å². The SMILES string of the molecule is Cc1ccc(-c2cc(C(=O)N[C@@H]3CCCc4ccccc43)c3ccccc3n2)cc1. The van der Waals surface area contributed by atoms with Gasteiger partial charge in [0.25, 0.3) is 5.91 Å². The molecule has 1 aliphatic rings. The Morgan fingerprint density at radius 2 is 1.73 bits per heavy atom. The topological polar surface area (TPSA) is 42.0 Å². The Balaban J connectivity index is 1.55. The molecule has 3 aromatic carbocycles. The number of rotatable bonds is 3. The summed E-state index contributed by atoms with van der Waals surface area (Å²) >= 11 is 0. The summed E-state index contributed by atoms with van der Waals surface area (Å²) in [5.41, 5.74) is 7.15. The molecular formula is C27H24N2O. The molecule has 1 atom stereocenters. The maximum absolute atomic E-state index is 13.4. The monoisotopic (exact) mass is 392 g/mol. The average Bonchev–Trinajstić information content (AvgIpc) is 2.79. The molecule has 5 rings (SSSR count). The number of aryl methyl sites for hydroxylation is 2. The maximum atomic E-state index is 13.4. The highest BCUT2D eigenvalue weighted by Gasteiger charge is 2.23. The van der Waals surface area contributed by atoms with Crippen molar-refractivity contribution in [2.45, 2.75) is 32.2 Å². The molecule has 3 nitrogen and oxygen atoms in total. The van der Waals surface area contributed by atoms with E-state index in [9.17, 15) is 4.79 Å². The highest BCUT2D eigenvalue weighted by Crippen LogP contribution is 2.31. The van der Waals surface area contributed by atoms with Crippen LogP contribution in [0.2, 0.25) is 0 Å². The third-order valence-corrected chi connectivity index (χ3v) is 5.98. The molecule has 0 saturated carbocycles. The fraction of sp³-hybridized carbons (Fsp3) is 0.185. The van der Waals surface area contributed by atoms with Crippen molar-refractivity contribution in [1.82, 2.24) is 10.3 Å². The van der Waals surface area contributed by atoms with Gasteiger partial charge in [-0.2, -0.15) is 0 Å². The molecule has 0 unspecified atom stereocenters. The number of benzene rings is 3. The van der Waals surface area contributed by atoms with Crippen molar-refractivity contribution >= 4 is 16.8 Å². The lowest BCUT2D eigenvalue weighted by Gasteiger charge is -2.26. The van der Waals surface area contributed by atoms with Gasteiger partial charge in [0.15, 0.2) is 0 Å². The zero-order valence-corrected chi connectivity index (χ0v) is 17.1. The van der Waals surface area contributed by atoms with Crippen LogP contribution in [0.1, 0.15) is 45.9 Å². The minimum Gasteiger partial charge on any atom is -0.345 e. The number of nitrogens with zero attached hydrogens (tertiary/aromatic N) is 1. The molecule has 4 aromatic rings. The summed E-state index contributed by atoms with van der Waals surface area (Å²) in [6.07, 6.45) is 3.14. The van der Waals surface area contributed by atoms with E-state index in [1.165, 1.54) is 16.7 Å². The van der Waals surface area contributed by atoms with Crippen LogP contribution in [-0.2, 0) is 6.42 Å². The fourth-order valence-corrected chi connectivity index (χ4v) is 4.38. The minimum atomic E-state index is -0.0383. The number of hydrogen-bond donors (Lipinski definition) is 1. The van der Waals surface area contributed by atoms with Crippen LogP contribution in [0.5, 0.6) is 0 Å². The Kier molecular flexibility index (Phi) is 4.80. The van der Waals surface area contributed by atoms with E-state index in [-0.39, 0.29) is 11.9 Å². The van der Waals surface area contributed by atoms with Crippen LogP contribution in [-0.4, -0.2) is 10.9 Å². The zero-order valence-electron chi connectivity index (χ0n) is 17.1. The molecule has 0 radical (unpaired) electrons. The van der Waals surface area contributed by atoms with Crippen LogP contribution in [0.15, 0.2) is 78.9 Å². The number of hydrogen-bond acceptors (Lipinski definition) is 2. The van der Waals surface area contributed by atoms with Crippen molar-refractivity contribution in [1.29, 1.82) is 0 Å². The first-order valence-electron chi connectivity index (χ1n) is 10.5. The maximum Gasteiger partial charge on any atom is 0.252 e. The summed E-state index contributed by atoms with van der Waals surface area (Å²) in [5, 5.41) is 4.19. The van der Waals surface area contributed by atoms with E-state index >= 15 is 0 Å². The zero-order chi connectivity index (χ0) is 20.5. The summed E-state index contributed by atoms with van der Waals surface area (Å²) in [7, 11) is 0. The summed E-state index contributed by atoms with van der Waals surface area (Å²) in [5.74, 6) is -0.0383. The number of carbonyl (C=O) groups excluding carboxylic acids is 1. The molecule has 3 heteroatoms. The standard InChI is InChI=1S/C27H24N2O/c1-18-13-15-20(16-14-18)26-17-23(22-10-4-5-11-25(22)28-26)27(30)29-24-12-6-8-19-7-2-3-9-21(19)24/h2-5,7,9-11,13-17,24H,6,8,12H2,1H3,(H,29,30)/t24-/m1/s1. The lowest BCUT2D eigenvalue weighted by Crippen LogP contribution is -2.31. The first kappa shape index (κ1) is 18.6. The third kappa shape index (κ3) is 3.48. The number of nitrogens with one attached hydrogen (secondary N) is 1. The van der Waals surface area contributed by atoms with Gasteiger partial charge in [0.2, 0.25) is 0 Å². The lowest BCUT2D eigenvalue weighted by molar-refractivity contribution is 0.0934. The number of pyridine rings is 1. The van der Waals surface area contributed by atoms with Gasteiger partial charge in [-0.1, -0.05) is 72.3 Å². The van der Waals surface area contributed by atoms with Gasteiger partial charge in [0, 0.05) is 10.9 Å². The summed E-state index contributed by atoms with van der Waals surface area (Å²) in [4.78, 5) is 18.3. The number of aromatic nitrogens is 1. The second-order valence-electron chi connectivity index (χ2n) is 8.06. The number of amides is 1. The largest absolute Gasteiger partial charge is 0.345 e. The Hall–Kier alpha value is -3.46. The predicted molar refractivity (Wildman–Crippen MR) is 122 cm³/mol. The average molecular weight is 393 g/mol. The van der Waals surface area contributed by atoms with Gasteiger partial charge in [-0.05, 0) is 49.4 Å². The Bertz CT molecular complexity index is 1230. The van der Waals surface area contributed by atoms with E-state index in [1.54, 1.807) is 0 Å². The second kappa shape index (κ2) is 7.75. The minimum absolute atomic E-state index is 0.0383. The van der Waals surface area contributed by atoms with Gasteiger partial charge < -0.3 is 5.32 Å². The van der Waals surface area contributed by atoms with Crippen LogP contribution in [0.25, 0.3) is 22.2 Å². The first-order valence-corrected chi connectivity index (χ1v) is 10.5. The van der Waals surface area contributed by atoms with Gasteiger partial charge in [-0.25, -0.2) is 4.98 Å². The van der Waals surface area contributed by atoms with Crippen LogP contribution >= 0.6 is 0 Å². The molecule has 1 N–H and O–H groups in total. The van der Waals surface area contributed by atoms with Gasteiger partial charge >= 0.3 is 0 Å². The molecule has 0 aliphatic heterocycles. The Labute approximate surface area is 176 Å². The molecule has 1 amide bonds. The molecular weight excluding hydrogens is 368 g/mol. The third-order valence-electron chi connectivity index (χ3n) is 5.98. The van der Waals surface area contributed by atoms with Crippen LogP contribution in [0.3, 0.4) is 0 Å². The van der Waals surface area contributed by atoms with Crippen molar-refractivity contribution in [2.75, 3.05) is 0 Å². The van der Waals surface area contributed by atoms with E-state index in [2.05, 4.69) is 60.8 Å². The van der Waals surface area contributed by atoms with E-state index < -0.39 is 0 Å². The van der Waals surface area contributed by atoms with Crippen molar-refractivity contribution in [2.24, 2.45) is 0 Å². The lowest BCUT2D eigenvalue weighted by atomic mass is 9.87. The van der Waals surface area contributed by atoms with Crippen molar-refractivity contribution < 1.29 is 4.79 Å². The van der Waals surface area contributed by atoms with Gasteiger partial charge in [0.05, 0.1) is 22.8 Å². The number of fused-ring (bicyclic) bond motifs is 2. The molecule has 1 aromatic heterocycles. The van der Waals surface area contributed by atoms with E-state index in [4.69, 9.17) is 4.98 Å². The predicted octanol–water partition coefficient (Wildman–Crippen LogP) is 6.02. The highest BCUT2D eigenvalue weighted by atomic mass is 16.1. The molecule has 1 aliphatic carbocycles. The van der Waals surface area contributed by atoms with Crippen molar-refractivity contribution in [3.63, 3.8) is 0 Å². The smallest absolute Gasteiger partial charge is 0.252 e. The molecule has 0 bridgehead atoms. The fourth-order valence-electron chi connectivity index (χ4n) is 4.38. The van der Waals surface area contributed by atoms with Gasteiger partial charge in [-0.3, -0.25) is 4.79 Å². The van der Waals surface area contributed by atoms with Crippen LogP contribution < -0.4 is 5.32 Å². The van der Waals surface area contributed by atoms with Gasteiger partial charge in [-0.15, -0.1) is 0 Å². The highest BCUT2D eigenvalue weighted by molar-refractivity contribution is 6.07. The Morgan fingerprint density at radius 3 is 2.60 bits per heavy atom. The van der Waals surface area contributed by atoms with E-state index in [0.717, 1.165) is 41.4 Å². The van der Waals surface area contributed by atoms with Crippen molar-refractivity contribution in [3.8, 4) is 11.3 Å². The first-order chi connectivity index (χ1) is 14.7. The van der Waals surface area contributed by atoms with Crippen LogP contribution in [0.4, 0.5) is 0 Å². The Morgan fingerprint density at radius 1 is 0.967 bits per heavy atom. The van der Waals surface area contributed by atoms with Crippen molar-refractivity contribution in [3.05, 3.63) is 101 Å². The molecule has 0 spiro atoms. The normalized spacial score (nSPS) is 15.6. The summed E-state index contributed by atoms with van der Waals surface area (Å²) < 4.78 is 0. The second-order valence-corrected chi connectivity index (χ2v) is 8.06. The number of para-hydroxylation sites is 1. The van der Waals surface area contributed by atoms with Gasteiger partial charge in [0.1, 0.15) is 0 Å². The molecule has 148 valence electrons.